The van der Waals surface area contributed by atoms with Gasteiger partial charge in [-0.05, 0) is 0 Å². The highest BCUT2D eigenvalue weighted by atomic mass is 79.9. The van der Waals surface area contributed by atoms with Gasteiger partial charge in [-0.25, -0.2) is 4.57 Å². The van der Waals surface area contributed by atoms with Crippen LogP contribution in [0.5, 0.6) is 0 Å². The van der Waals surface area contributed by atoms with Crippen molar-refractivity contribution in [2.24, 2.45) is 7.05 Å². The normalized spacial score (nSPS) is 8.11. The minimum atomic E-state index is 0. The lowest BCUT2D eigenvalue weighted by atomic mass is 10.6. The van der Waals surface area contributed by atoms with Crippen molar-refractivity contribution in [2.75, 3.05) is 5.73 Å². The molecule has 0 spiro atoms. The van der Waals surface area contributed by atoms with Gasteiger partial charge in [-0.1, -0.05) is 4.98 Å². The topological polar surface area (TPSA) is 42.8 Å². The fourth-order valence-electron chi connectivity index (χ4n) is 0.454. The Kier molecular flexibility index (Phi) is 3.16. The average molecular weight is 190 g/mol. The van der Waals surface area contributed by atoms with Gasteiger partial charge in [0.25, 0.3) is 0 Å². The van der Waals surface area contributed by atoms with Gasteiger partial charge < -0.3 is 17.0 Å². The standard InChI is InChI=1S/C5H7N3.BrH/c1-8-4-2-3-7-5(8)6;/h2-4,6H,1H3;1H. The summed E-state index contributed by atoms with van der Waals surface area (Å²) in [4.78, 5) is 3.82. The molecule has 9 heavy (non-hydrogen) atoms. The number of nitrogens with two attached hydrogens (primary N) is 1. The predicted molar refractivity (Wildman–Crippen MR) is 29.8 cm³/mol. The molecule has 0 aliphatic rings. The van der Waals surface area contributed by atoms with Gasteiger partial charge in [0.05, 0.1) is 13.2 Å². The van der Waals surface area contributed by atoms with Gasteiger partial charge in [0.15, 0.2) is 0 Å². The van der Waals surface area contributed by atoms with E-state index in [1.54, 1.807) is 10.8 Å². The van der Waals surface area contributed by atoms with E-state index < -0.39 is 0 Å². The van der Waals surface area contributed by atoms with Crippen molar-refractivity contribution in [1.29, 1.82) is 0 Å². The number of aromatic nitrogens is 2. The van der Waals surface area contributed by atoms with Crippen LogP contribution in [0.4, 0.5) is 5.95 Å². The number of nitrogen functional groups attached to an aromatic ring is 1. The number of nitrogens with zero attached hydrogens (tertiary/aromatic N) is 2. The van der Waals surface area contributed by atoms with Crippen LogP contribution in [0.2, 0.25) is 0 Å². The molecule has 2 N–H and O–H groups in total. The van der Waals surface area contributed by atoms with Gasteiger partial charge in [-0.3, -0.25) is 5.73 Å². The summed E-state index contributed by atoms with van der Waals surface area (Å²) in [6, 6.07) is 1.83. The highest BCUT2D eigenvalue weighted by Gasteiger charge is 1.94. The van der Waals surface area contributed by atoms with E-state index >= 15 is 0 Å². The third-order valence-corrected chi connectivity index (χ3v) is 0.964. The van der Waals surface area contributed by atoms with E-state index in [1.807, 2.05) is 19.3 Å². The van der Waals surface area contributed by atoms with Crippen LogP contribution in [0.3, 0.4) is 0 Å². The lowest BCUT2D eigenvalue weighted by Gasteiger charge is -1.87. The van der Waals surface area contributed by atoms with Crippen molar-refractivity contribution in [1.82, 2.24) is 4.98 Å². The Morgan fingerprint density at radius 2 is 2.33 bits per heavy atom. The smallest absolute Gasteiger partial charge is 0.388 e. The van der Waals surface area contributed by atoms with E-state index in [0.29, 0.717) is 5.95 Å². The molecule has 0 bridgehead atoms. The monoisotopic (exact) mass is 189 g/mol. The van der Waals surface area contributed by atoms with Crippen LogP contribution in [0.15, 0.2) is 18.5 Å². The lowest BCUT2D eigenvalue weighted by Crippen LogP contribution is -3.00. The molecule has 0 fully saturated rings. The molecule has 0 atom stereocenters. The third kappa shape index (κ3) is 1.97. The van der Waals surface area contributed by atoms with Gasteiger partial charge >= 0.3 is 5.95 Å². The molecule has 4 heteroatoms. The summed E-state index contributed by atoms with van der Waals surface area (Å²) in [6.45, 7) is 0. The molecule has 0 aliphatic heterocycles. The SMILES string of the molecule is C[n+]1cccnc1N.[Br-]. The fourth-order valence-corrected chi connectivity index (χ4v) is 0.454. The molecular formula is C5H8BrN3. The summed E-state index contributed by atoms with van der Waals surface area (Å²) >= 11 is 0. The van der Waals surface area contributed by atoms with Crippen LogP contribution in [-0.2, 0) is 7.05 Å². The number of anilines is 1. The predicted octanol–water partition coefficient (Wildman–Crippen LogP) is -3.51. The van der Waals surface area contributed by atoms with Crippen molar-refractivity contribution in [3.05, 3.63) is 18.5 Å². The van der Waals surface area contributed by atoms with Gasteiger partial charge in [0.1, 0.15) is 6.20 Å². The Morgan fingerprint density at radius 3 is 2.67 bits per heavy atom. The Balaban J connectivity index is 0.000000640. The Labute approximate surface area is 64.3 Å². The highest BCUT2D eigenvalue weighted by Crippen LogP contribution is 1.78. The van der Waals surface area contributed by atoms with Crippen LogP contribution in [-0.4, -0.2) is 4.98 Å². The molecule has 1 aromatic rings. The number of halogens is 1. The van der Waals surface area contributed by atoms with Crippen LogP contribution in [0.1, 0.15) is 0 Å². The summed E-state index contributed by atoms with van der Waals surface area (Å²) in [7, 11) is 1.85. The largest absolute Gasteiger partial charge is 1.00 e. The maximum atomic E-state index is 5.37. The zero-order valence-corrected chi connectivity index (χ0v) is 6.67. The molecule has 1 aromatic heterocycles. The van der Waals surface area contributed by atoms with E-state index in [2.05, 4.69) is 4.98 Å². The molecule has 0 aromatic carbocycles. The van der Waals surface area contributed by atoms with Crippen molar-refractivity contribution in [3.63, 3.8) is 0 Å². The Hall–Kier alpha value is -0.640. The minimum absolute atomic E-state index is 0. The molecule has 0 saturated heterocycles. The molecule has 0 amide bonds. The molecule has 0 aliphatic carbocycles. The van der Waals surface area contributed by atoms with Crippen LogP contribution < -0.4 is 27.3 Å². The summed E-state index contributed by atoms with van der Waals surface area (Å²) in [5.41, 5.74) is 5.37. The first-order valence-corrected chi connectivity index (χ1v) is 2.37. The van der Waals surface area contributed by atoms with Crippen LogP contribution >= 0.6 is 0 Å². The van der Waals surface area contributed by atoms with E-state index in [0.717, 1.165) is 0 Å². The zero-order valence-electron chi connectivity index (χ0n) is 5.08. The van der Waals surface area contributed by atoms with E-state index in [1.165, 1.54) is 0 Å². The summed E-state index contributed by atoms with van der Waals surface area (Å²) in [5, 5.41) is 0. The minimum Gasteiger partial charge on any atom is -1.00 e. The summed E-state index contributed by atoms with van der Waals surface area (Å²) < 4.78 is 1.75. The van der Waals surface area contributed by atoms with Gasteiger partial charge in [-0.15, -0.1) is 0 Å². The molecule has 0 unspecified atom stereocenters. The number of rotatable bonds is 0. The molecule has 0 saturated carbocycles. The van der Waals surface area contributed by atoms with E-state index in [-0.39, 0.29) is 17.0 Å². The lowest BCUT2D eigenvalue weighted by molar-refractivity contribution is -0.659. The zero-order chi connectivity index (χ0) is 5.98. The molecule has 50 valence electrons. The van der Waals surface area contributed by atoms with E-state index in [9.17, 15) is 0 Å². The quantitative estimate of drug-likeness (QED) is 0.431. The second-order valence-electron chi connectivity index (χ2n) is 1.59. The van der Waals surface area contributed by atoms with Crippen LogP contribution in [0.25, 0.3) is 0 Å². The number of hydrogen-bond donors (Lipinski definition) is 1. The van der Waals surface area contributed by atoms with Gasteiger partial charge in [0, 0.05) is 6.07 Å². The second kappa shape index (κ2) is 3.40. The second-order valence-corrected chi connectivity index (χ2v) is 1.59. The number of aryl methyl sites for hydroxylation is 1. The van der Waals surface area contributed by atoms with Crippen LogP contribution in [0, 0.1) is 0 Å². The third-order valence-electron chi connectivity index (χ3n) is 0.964. The first-order valence-electron chi connectivity index (χ1n) is 2.37. The maximum Gasteiger partial charge on any atom is 0.388 e. The van der Waals surface area contributed by atoms with Crippen molar-refractivity contribution in [2.45, 2.75) is 0 Å². The summed E-state index contributed by atoms with van der Waals surface area (Å²) in [5.74, 6) is 0.535. The maximum absolute atomic E-state index is 5.37. The van der Waals surface area contributed by atoms with Gasteiger partial charge in [-0.2, -0.15) is 0 Å². The highest BCUT2D eigenvalue weighted by molar-refractivity contribution is 5.02. The average Bonchev–Trinajstić information content (AvgIpc) is 1.77. The molecule has 1 rings (SSSR count). The van der Waals surface area contributed by atoms with Crippen molar-refractivity contribution >= 4 is 5.95 Å². The van der Waals surface area contributed by atoms with E-state index in [4.69, 9.17) is 5.73 Å². The fraction of sp³-hybridized carbons (Fsp3) is 0.200. The molecule has 1 heterocycles. The Morgan fingerprint density at radius 1 is 1.67 bits per heavy atom. The van der Waals surface area contributed by atoms with Crippen molar-refractivity contribution < 1.29 is 21.5 Å². The van der Waals surface area contributed by atoms with Crippen molar-refractivity contribution in [3.8, 4) is 0 Å². The molecular weight excluding hydrogens is 182 g/mol. The molecule has 3 nitrogen and oxygen atoms in total. The summed E-state index contributed by atoms with van der Waals surface area (Å²) in [6.07, 6.45) is 3.51. The first-order chi connectivity index (χ1) is 3.80. The molecule has 0 radical (unpaired) electrons. The van der Waals surface area contributed by atoms with Gasteiger partial charge in [0.2, 0.25) is 0 Å². The first kappa shape index (κ1) is 8.36. The number of hydrogen-bond acceptors (Lipinski definition) is 2. The Bertz CT molecular complexity index is 168.